The highest BCUT2D eigenvalue weighted by molar-refractivity contribution is 4.98. The van der Waals surface area contributed by atoms with Crippen molar-refractivity contribution in [3.05, 3.63) is 20.9 Å². The summed E-state index contributed by atoms with van der Waals surface area (Å²) < 4.78 is 5.30. The lowest BCUT2D eigenvalue weighted by Gasteiger charge is -2.39. The number of hydrogen-bond acceptors (Lipinski definition) is 5. The second kappa shape index (κ2) is 5.55. The number of hydrogen-bond donors (Lipinski definition) is 2. The predicted octanol–water partition coefficient (Wildman–Crippen LogP) is 0.485. The normalized spacial score (nSPS) is 38.3. The summed E-state index contributed by atoms with van der Waals surface area (Å²) in [5.41, 5.74) is 16.7. The van der Waals surface area contributed by atoms with E-state index in [1.807, 2.05) is 0 Å². The average Bonchev–Trinajstić information content (AvgIpc) is 2.28. The van der Waals surface area contributed by atoms with Crippen LogP contribution in [0.25, 0.3) is 20.9 Å². The molecular weight excluding hydrogens is 216 g/mol. The van der Waals surface area contributed by atoms with Gasteiger partial charge in [-0.1, -0.05) is 10.2 Å². The Morgan fingerprint density at radius 1 is 1.25 bits per heavy atom. The van der Waals surface area contributed by atoms with E-state index in [-0.39, 0.29) is 6.61 Å². The van der Waals surface area contributed by atoms with Crippen molar-refractivity contribution in [1.82, 2.24) is 0 Å². The standard InChI is InChI=1S/C7H12N6O3/c1-3-5(10-12-8)7(15)6(11-13-9)4(2-14)16-3/h3-7,14-15H,2H2,1H3/t3-,4?,5?,6+,7+/m0/s1. The molecular formula is C7H12N6O3. The molecule has 0 aromatic rings. The third-order valence-corrected chi connectivity index (χ3v) is 2.50. The SMILES string of the molecule is C[C@@H]1OC(CO)[C@@H](N=[N+]=[N-])[C@H](O)C1N=[N+]=[N-]. The first kappa shape index (κ1) is 12.6. The Bertz CT molecular complexity index is 337. The van der Waals surface area contributed by atoms with Crippen LogP contribution < -0.4 is 0 Å². The minimum Gasteiger partial charge on any atom is -0.394 e. The summed E-state index contributed by atoms with van der Waals surface area (Å²) in [6.07, 6.45) is -2.49. The number of aliphatic hydroxyl groups excluding tert-OH is 2. The highest BCUT2D eigenvalue weighted by Gasteiger charge is 2.42. The first-order chi connectivity index (χ1) is 7.65. The molecule has 0 aliphatic carbocycles. The summed E-state index contributed by atoms with van der Waals surface area (Å²) >= 11 is 0. The summed E-state index contributed by atoms with van der Waals surface area (Å²) in [5.74, 6) is 0. The van der Waals surface area contributed by atoms with E-state index in [0.717, 1.165) is 0 Å². The van der Waals surface area contributed by atoms with E-state index in [9.17, 15) is 5.11 Å². The molecule has 0 bridgehead atoms. The Morgan fingerprint density at radius 3 is 2.31 bits per heavy atom. The van der Waals surface area contributed by atoms with Crippen molar-refractivity contribution in [2.24, 2.45) is 10.2 Å². The van der Waals surface area contributed by atoms with Crippen molar-refractivity contribution in [2.75, 3.05) is 6.61 Å². The van der Waals surface area contributed by atoms with Gasteiger partial charge in [0.1, 0.15) is 0 Å². The van der Waals surface area contributed by atoms with Crippen molar-refractivity contribution in [3.8, 4) is 0 Å². The second-order valence-corrected chi connectivity index (χ2v) is 3.44. The minimum absolute atomic E-state index is 0.381. The third kappa shape index (κ3) is 2.35. The summed E-state index contributed by atoms with van der Waals surface area (Å²) in [4.78, 5) is 5.16. The van der Waals surface area contributed by atoms with Crippen LogP contribution in [0.1, 0.15) is 6.92 Å². The molecule has 0 aromatic heterocycles. The van der Waals surface area contributed by atoms with E-state index < -0.39 is 30.4 Å². The minimum atomic E-state index is -1.16. The Kier molecular flexibility index (Phi) is 4.36. The van der Waals surface area contributed by atoms with Gasteiger partial charge in [-0.3, -0.25) is 0 Å². The van der Waals surface area contributed by atoms with Gasteiger partial charge in [-0.05, 0) is 18.0 Å². The Morgan fingerprint density at radius 2 is 1.81 bits per heavy atom. The van der Waals surface area contributed by atoms with Crippen molar-refractivity contribution < 1.29 is 14.9 Å². The maximum atomic E-state index is 9.84. The zero-order valence-electron chi connectivity index (χ0n) is 8.58. The van der Waals surface area contributed by atoms with Crippen molar-refractivity contribution >= 4 is 0 Å². The maximum Gasteiger partial charge on any atom is 0.0923 e. The van der Waals surface area contributed by atoms with Crippen LogP contribution in [0.4, 0.5) is 0 Å². The van der Waals surface area contributed by atoms with Gasteiger partial charge in [-0.15, -0.1) is 0 Å². The van der Waals surface area contributed by atoms with Gasteiger partial charge in [0.25, 0.3) is 0 Å². The van der Waals surface area contributed by atoms with E-state index in [2.05, 4.69) is 20.1 Å². The largest absolute Gasteiger partial charge is 0.394 e. The number of nitrogens with zero attached hydrogens (tertiary/aromatic N) is 6. The van der Waals surface area contributed by atoms with Gasteiger partial charge in [0, 0.05) is 9.82 Å². The van der Waals surface area contributed by atoms with Crippen molar-refractivity contribution in [3.63, 3.8) is 0 Å². The van der Waals surface area contributed by atoms with Gasteiger partial charge in [-0.2, -0.15) is 0 Å². The highest BCUT2D eigenvalue weighted by atomic mass is 16.5. The van der Waals surface area contributed by atoms with Crippen LogP contribution in [-0.2, 0) is 4.74 Å². The first-order valence-electron chi connectivity index (χ1n) is 4.68. The Balaban J connectivity index is 2.96. The molecule has 88 valence electrons. The number of rotatable bonds is 3. The lowest BCUT2D eigenvalue weighted by Crippen LogP contribution is -2.55. The molecule has 1 heterocycles. The van der Waals surface area contributed by atoms with E-state index in [0.29, 0.717) is 0 Å². The molecule has 0 spiro atoms. The predicted molar refractivity (Wildman–Crippen MR) is 53.3 cm³/mol. The molecule has 16 heavy (non-hydrogen) atoms. The van der Waals surface area contributed by atoms with Gasteiger partial charge in [0.15, 0.2) is 0 Å². The van der Waals surface area contributed by atoms with Crippen LogP contribution in [0.15, 0.2) is 10.2 Å². The molecule has 5 atom stereocenters. The van der Waals surface area contributed by atoms with Crippen molar-refractivity contribution in [2.45, 2.75) is 37.3 Å². The van der Waals surface area contributed by atoms with E-state index in [1.54, 1.807) is 6.92 Å². The fourth-order valence-corrected chi connectivity index (χ4v) is 1.71. The first-order valence-corrected chi connectivity index (χ1v) is 4.68. The fraction of sp³-hybridized carbons (Fsp3) is 1.00. The zero-order valence-corrected chi connectivity index (χ0v) is 8.58. The number of ether oxygens (including phenoxy) is 1. The Labute approximate surface area is 90.9 Å². The fourth-order valence-electron chi connectivity index (χ4n) is 1.71. The van der Waals surface area contributed by atoms with Crippen LogP contribution in [0.3, 0.4) is 0 Å². The topological polar surface area (TPSA) is 147 Å². The van der Waals surface area contributed by atoms with Crippen LogP contribution >= 0.6 is 0 Å². The van der Waals surface area contributed by atoms with Gasteiger partial charge >= 0.3 is 0 Å². The van der Waals surface area contributed by atoms with Gasteiger partial charge in [0.05, 0.1) is 37.0 Å². The molecule has 0 aromatic carbocycles. The van der Waals surface area contributed by atoms with Gasteiger partial charge in [0.2, 0.25) is 0 Å². The maximum absolute atomic E-state index is 9.84. The molecule has 9 heteroatoms. The summed E-state index contributed by atoms with van der Waals surface area (Å²) in [6, 6.07) is -1.79. The molecule has 1 fully saturated rings. The second-order valence-electron chi connectivity index (χ2n) is 3.44. The molecule has 2 unspecified atom stereocenters. The molecule has 1 aliphatic rings. The average molecular weight is 228 g/mol. The van der Waals surface area contributed by atoms with Crippen LogP contribution in [-0.4, -0.2) is 47.2 Å². The van der Waals surface area contributed by atoms with Crippen LogP contribution in [0, 0.1) is 0 Å². The van der Waals surface area contributed by atoms with E-state index >= 15 is 0 Å². The van der Waals surface area contributed by atoms with Crippen molar-refractivity contribution in [1.29, 1.82) is 0 Å². The van der Waals surface area contributed by atoms with Gasteiger partial charge < -0.3 is 14.9 Å². The molecule has 0 saturated carbocycles. The number of azide groups is 2. The third-order valence-electron chi connectivity index (χ3n) is 2.50. The van der Waals surface area contributed by atoms with Gasteiger partial charge in [-0.25, -0.2) is 0 Å². The molecule has 2 N–H and O–H groups in total. The smallest absolute Gasteiger partial charge is 0.0923 e. The molecule has 1 saturated heterocycles. The molecule has 1 rings (SSSR count). The monoisotopic (exact) mass is 228 g/mol. The zero-order chi connectivity index (χ0) is 12.1. The summed E-state index contributed by atoms with van der Waals surface area (Å²) in [5, 5.41) is 25.6. The molecule has 1 aliphatic heterocycles. The summed E-state index contributed by atoms with van der Waals surface area (Å²) in [7, 11) is 0. The van der Waals surface area contributed by atoms with E-state index in [4.69, 9.17) is 20.9 Å². The Hall–Kier alpha value is -1.50. The molecule has 0 amide bonds. The molecule has 0 radical (unpaired) electrons. The van der Waals surface area contributed by atoms with Crippen LogP contribution in [0.2, 0.25) is 0 Å². The lowest BCUT2D eigenvalue weighted by molar-refractivity contribution is -0.128. The lowest BCUT2D eigenvalue weighted by atomic mass is 9.92. The molecule has 9 nitrogen and oxygen atoms in total. The highest BCUT2D eigenvalue weighted by Crippen LogP contribution is 2.25. The van der Waals surface area contributed by atoms with E-state index in [1.165, 1.54) is 0 Å². The van der Waals surface area contributed by atoms with Crippen LogP contribution in [0.5, 0.6) is 0 Å². The quantitative estimate of drug-likeness (QED) is 0.411. The number of aliphatic hydroxyl groups is 2. The summed E-state index contributed by atoms with van der Waals surface area (Å²) in [6.45, 7) is 1.23.